The first-order chi connectivity index (χ1) is 7.79. The number of rotatable bonds is 5. The molecular weight excluding hydrogens is 232 g/mol. The van der Waals surface area contributed by atoms with Crippen molar-refractivity contribution >= 4 is 11.3 Å². The molecule has 0 radical (unpaired) electrons. The van der Waals surface area contributed by atoms with Gasteiger partial charge in [-0.25, -0.2) is 4.98 Å². The third kappa shape index (κ3) is 5.15. The molecule has 1 heterocycles. The van der Waals surface area contributed by atoms with Crippen LogP contribution in [0.25, 0.3) is 0 Å². The number of aliphatic hydroxyl groups excluding tert-OH is 1. The summed E-state index contributed by atoms with van der Waals surface area (Å²) in [6.07, 6.45) is 2.49. The molecule has 1 rings (SSSR count). The fraction of sp³-hybridized carbons (Fsp3) is 0.769. The maximum atomic E-state index is 9.28. The van der Waals surface area contributed by atoms with E-state index >= 15 is 0 Å². The molecule has 0 fully saturated rings. The van der Waals surface area contributed by atoms with Crippen molar-refractivity contribution in [2.24, 2.45) is 0 Å². The van der Waals surface area contributed by atoms with Crippen LogP contribution in [-0.4, -0.2) is 22.2 Å². The first-order valence-electron chi connectivity index (χ1n) is 6.15. The fourth-order valence-electron chi connectivity index (χ4n) is 1.61. The molecule has 1 aromatic heterocycles. The van der Waals surface area contributed by atoms with Crippen molar-refractivity contribution in [3.63, 3.8) is 0 Å². The third-order valence-electron chi connectivity index (χ3n) is 2.51. The molecule has 0 bridgehead atoms. The second-order valence-electron chi connectivity index (χ2n) is 5.75. The summed E-state index contributed by atoms with van der Waals surface area (Å²) in [4.78, 5) is 5.71. The molecule has 0 aliphatic carbocycles. The predicted molar refractivity (Wildman–Crippen MR) is 73.4 cm³/mol. The Morgan fingerprint density at radius 2 is 2.06 bits per heavy atom. The van der Waals surface area contributed by atoms with Crippen LogP contribution >= 0.6 is 11.3 Å². The minimum atomic E-state index is -0.246. The van der Waals surface area contributed by atoms with Gasteiger partial charge in [-0.2, -0.15) is 0 Å². The molecule has 17 heavy (non-hydrogen) atoms. The van der Waals surface area contributed by atoms with E-state index in [-0.39, 0.29) is 11.5 Å². The van der Waals surface area contributed by atoms with Gasteiger partial charge in [-0.15, -0.1) is 11.3 Å². The van der Waals surface area contributed by atoms with Crippen molar-refractivity contribution < 1.29 is 5.11 Å². The highest BCUT2D eigenvalue weighted by Crippen LogP contribution is 2.26. The van der Waals surface area contributed by atoms with Crippen LogP contribution in [0, 0.1) is 0 Å². The van der Waals surface area contributed by atoms with E-state index in [0.29, 0.717) is 6.04 Å². The van der Waals surface area contributed by atoms with Crippen molar-refractivity contribution in [2.75, 3.05) is 0 Å². The molecule has 2 atom stereocenters. The number of aliphatic hydroxyl groups is 1. The molecule has 0 saturated carbocycles. The van der Waals surface area contributed by atoms with Crippen LogP contribution in [0.4, 0.5) is 0 Å². The molecule has 0 aliphatic rings. The van der Waals surface area contributed by atoms with E-state index in [4.69, 9.17) is 0 Å². The lowest BCUT2D eigenvalue weighted by Gasteiger charge is -2.15. The Kier molecular flexibility index (Phi) is 5.10. The summed E-state index contributed by atoms with van der Waals surface area (Å²) in [6, 6.07) is 0.329. The molecule has 0 saturated heterocycles. The van der Waals surface area contributed by atoms with Crippen LogP contribution in [0.1, 0.15) is 50.9 Å². The van der Waals surface area contributed by atoms with E-state index < -0.39 is 0 Å². The van der Waals surface area contributed by atoms with Gasteiger partial charge in [0.2, 0.25) is 0 Å². The average Bonchev–Trinajstić information content (AvgIpc) is 2.61. The Bertz CT molecular complexity index is 341. The lowest BCUT2D eigenvalue weighted by molar-refractivity contribution is 0.170. The molecule has 3 nitrogen and oxygen atoms in total. The van der Waals surface area contributed by atoms with E-state index in [1.807, 2.05) is 13.1 Å². The lowest BCUT2D eigenvalue weighted by atomic mass is 9.98. The van der Waals surface area contributed by atoms with E-state index in [1.165, 1.54) is 9.88 Å². The zero-order valence-electron chi connectivity index (χ0n) is 11.4. The van der Waals surface area contributed by atoms with Crippen molar-refractivity contribution in [1.82, 2.24) is 10.3 Å². The van der Waals surface area contributed by atoms with Crippen molar-refractivity contribution in [3.8, 4) is 0 Å². The van der Waals surface area contributed by atoms with Gasteiger partial charge >= 0.3 is 0 Å². The summed E-state index contributed by atoms with van der Waals surface area (Å²) in [5, 5.41) is 13.9. The number of nitrogens with zero attached hydrogens (tertiary/aromatic N) is 1. The maximum Gasteiger partial charge on any atom is 0.0981 e. The summed E-state index contributed by atoms with van der Waals surface area (Å²) in [5.74, 6) is 0. The zero-order chi connectivity index (χ0) is 13.1. The first kappa shape index (κ1) is 14.6. The van der Waals surface area contributed by atoms with Crippen LogP contribution in [0.2, 0.25) is 0 Å². The Hall–Kier alpha value is -0.450. The molecule has 0 aromatic carbocycles. The first-order valence-corrected chi connectivity index (χ1v) is 6.97. The minimum Gasteiger partial charge on any atom is -0.393 e. The van der Waals surface area contributed by atoms with Gasteiger partial charge in [0.1, 0.15) is 0 Å². The fourth-order valence-corrected chi connectivity index (χ4v) is 2.53. The quantitative estimate of drug-likeness (QED) is 0.851. The van der Waals surface area contributed by atoms with Crippen molar-refractivity contribution in [3.05, 3.63) is 16.1 Å². The molecule has 0 amide bonds. The smallest absolute Gasteiger partial charge is 0.0981 e. The van der Waals surface area contributed by atoms with E-state index in [2.05, 4.69) is 38.0 Å². The van der Waals surface area contributed by atoms with Gasteiger partial charge in [0.25, 0.3) is 0 Å². The monoisotopic (exact) mass is 256 g/mol. The highest BCUT2D eigenvalue weighted by molar-refractivity contribution is 7.11. The number of hydrogen-bond acceptors (Lipinski definition) is 4. The van der Waals surface area contributed by atoms with Crippen molar-refractivity contribution in [2.45, 2.75) is 65.1 Å². The molecular formula is C13H24N2OS. The topological polar surface area (TPSA) is 45.1 Å². The lowest BCUT2D eigenvalue weighted by Crippen LogP contribution is -2.28. The average molecular weight is 256 g/mol. The van der Waals surface area contributed by atoms with Crippen LogP contribution in [0.15, 0.2) is 6.20 Å². The van der Waals surface area contributed by atoms with Crippen LogP contribution in [-0.2, 0) is 12.0 Å². The van der Waals surface area contributed by atoms with Gasteiger partial charge in [-0.1, -0.05) is 20.8 Å². The summed E-state index contributed by atoms with van der Waals surface area (Å²) in [5.41, 5.74) is 0.133. The highest BCUT2D eigenvalue weighted by atomic mass is 32.1. The summed E-state index contributed by atoms with van der Waals surface area (Å²) >= 11 is 1.76. The third-order valence-corrected chi connectivity index (χ3v) is 3.94. The Balaban J connectivity index is 2.45. The highest BCUT2D eigenvalue weighted by Gasteiger charge is 2.18. The zero-order valence-corrected chi connectivity index (χ0v) is 12.3. The van der Waals surface area contributed by atoms with Crippen molar-refractivity contribution in [1.29, 1.82) is 0 Å². The molecule has 0 aliphatic heterocycles. The van der Waals surface area contributed by atoms with E-state index in [1.54, 1.807) is 11.3 Å². The standard InChI is InChI=1S/C13H24N2OS/c1-9(6-10(2)16)14-7-11-8-15-12(17-11)13(3,4)5/h8-10,14,16H,6-7H2,1-5H3. The SMILES string of the molecule is CC(O)CC(C)NCc1cnc(C(C)(C)C)s1. The number of thiazole rings is 1. The molecule has 98 valence electrons. The molecule has 2 N–H and O–H groups in total. The summed E-state index contributed by atoms with van der Waals surface area (Å²) < 4.78 is 0. The minimum absolute atomic E-state index is 0.133. The summed E-state index contributed by atoms with van der Waals surface area (Å²) in [6.45, 7) is 11.3. The molecule has 2 unspecified atom stereocenters. The number of hydrogen-bond donors (Lipinski definition) is 2. The van der Waals surface area contributed by atoms with Gasteiger partial charge in [0, 0.05) is 29.1 Å². The van der Waals surface area contributed by atoms with Crippen LogP contribution in [0.3, 0.4) is 0 Å². The second-order valence-corrected chi connectivity index (χ2v) is 6.86. The van der Waals surface area contributed by atoms with Gasteiger partial charge in [-0.3, -0.25) is 0 Å². The van der Waals surface area contributed by atoms with E-state index in [0.717, 1.165) is 13.0 Å². The van der Waals surface area contributed by atoms with Gasteiger partial charge < -0.3 is 10.4 Å². The van der Waals surface area contributed by atoms with Gasteiger partial charge in [0.05, 0.1) is 11.1 Å². The Labute approximate surface area is 108 Å². The van der Waals surface area contributed by atoms with Gasteiger partial charge in [0.15, 0.2) is 0 Å². The molecule has 1 aromatic rings. The maximum absolute atomic E-state index is 9.28. The van der Waals surface area contributed by atoms with Crippen LogP contribution < -0.4 is 5.32 Å². The number of nitrogens with one attached hydrogen (secondary N) is 1. The van der Waals surface area contributed by atoms with Crippen LogP contribution in [0.5, 0.6) is 0 Å². The Morgan fingerprint density at radius 1 is 1.41 bits per heavy atom. The van der Waals surface area contributed by atoms with E-state index in [9.17, 15) is 5.11 Å². The predicted octanol–water partition coefficient (Wildman–Crippen LogP) is 2.69. The number of aromatic nitrogens is 1. The molecule has 0 spiro atoms. The molecule has 4 heteroatoms. The largest absolute Gasteiger partial charge is 0.393 e. The summed E-state index contributed by atoms with van der Waals surface area (Å²) in [7, 11) is 0. The normalized spacial score (nSPS) is 15.9. The Morgan fingerprint density at radius 3 is 2.53 bits per heavy atom. The second kappa shape index (κ2) is 5.94. The van der Waals surface area contributed by atoms with Gasteiger partial charge in [-0.05, 0) is 20.3 Å².